The third-order valence-electron chi connectivity index (χ3n) is 4.94. The summed E-state index contributed by atoms with van der Waals surface area (Å²) in [6.45, 7) is 3.98. The Bertz CT molecular complexity index is 862. The first-order chi connectivity index (χ1) is 12.6. The molecule has 0 nitrogen and oxygen atoms in total. The monoisotopic (exact) mass is 350 g/mol. The highest BCUT2D eigenvalue weighted by Crippen LogP contribution is 2.27. The van der Waals surface area contributed by atoms with Gasteiger partial charge < -0.3 is 0 Å². The molecule has 2 heteroatoms. The zero-order valence-electron chi connectivity index (χ0n) is 15.4. The van der Waals surface area contributed by atoms with E-state index in [1.165, 1.54) is 16.7 Å². The Labute approximate surface area is 154 Å². The fourth-order valence-corrected chi connectivity index (χ4v) is 3.17. The van der Waals surface area contributed by atoms with Crippen LogP contribution in [0.25, 0.3) is 11.1 Å². The molecule has 0 spiro atoms. The molecule has 3 aromatic carbocycles. The van der Waals surface area contributed by atoms with Gasteiger partial charge in [-0.25, -0.2) is 8.78 Å². The Balaban J connectivity index is 1.71. The number of hydrogen-bond donors (Lipinski definition) is 0. The Morgan fingerprint density at radius 2 is 1.12 bits per heavy atom. The molecule has 0 bridgehead atoms. The van der Waals surface area contributed by atoms with Crippen molar-refractivity contribution in [2.75, 3.05) is 0 Å². The van der Waals surface area contributed by atoms with Crippen LogP contribution in [0.15, 0.2) is 60.7 Å². The summed E-state index contributed by atoms with van der Waals surface area (Å²) in [7, 11) is 0. The molecule has 134 valence electrons. The second kappa shape index (κ2) is 8.27. The van der Waals surface area contributed by atoms with Crippen molar-refractivity contribution >= 4 is 0 Å². The summed E-state index contributed by atoms with van der Waals surface area (Å²) in [6.07, 6.45) is 3.44. The molecule has 0 saturated carbocycles. The van der Waals surface area contributed by atoms with Gasteiger partial charge in [-0.15, -0.1) is 0 Å². The van der Waals surface area contributed by atoms with Crippen LogP contribution in [0.3, 0.4) is 0 Å². The lowest BCUT2D eigenvalue weighted by Crippen LogP contribution is -1.96. The number of hydrogen-bond acceptors (Lipinski definition) is 0. The van der Waals surface area contributed by atoms with Crippen LogP contribution >= 0.6 is 0 Å². The molecule has 0 aliphatic carbocycles. The van der Waals surface area contributed by atoms with E-state index in [0.717, 1.165) is 19.3 Å². The van der Waals surface area contributed by atoms with Gasteiger partial charge in [-0.2, -0.15) is 0 Å². The van der Waals surface area contributed by atoms with E-state index in [2.05, 4.69) is 31.2 Å². The summed E-state index contributed by atoms with van der Waals surface area (Å²) < 4.78 is 28.3. The largest absolute Gasteiger partial charge is 0.203 e. The van der Waals surface area contributed by atoms with E-state index in [1.54, 1.807) is 12.1 Å². The zero-order valence-corrected chi connectivity index (χ0v) is 15.4. The van der Waals surface area contributed by atoms with Crippen LogP contribution in [-0.4, -0.2) is 0 Å². The molecule has 0 heterocycles. The molecule has 0 fully saturated rings. The molecule has 0 saturated heterocycles. The summed E-state index contributed by atoms with van der Waals surface area (Å²) in [4.78, 5) is 0. The molecule has 3 rings (SSSR count). The summed E-state index contributed by atoms with van der Waals surface area (Å²) in [6, 6.07) is 19.8. The van der Waals surface area contributed by atoms with E-state index < -0.39 is 11.6 Å². The third-order valence-corrected chi connectivity index (χ3v) is 4.94. The van der Waals surface area contributed by atoms with Crippen molar-refractivity contribution in [1.82, 2.24) is 0 Å². The van der Waals surface area contributed by atoms with Gasteiger partial charge in [0.25, 0.3) is 0 Å². The first-order valence-electron chi connectivity index (χ1n) is 9.26. The van der Waals surface area contributed by atoms with Crippen LogP contribution in [0.4, 0.5) is 8.78 Å². The lowest BCUT2D eigenvalue weighted by atomic mass is 9.98. The Morgan fingerprint density at radius 1 is 0.577 bits per heavy atom. The number of rotatable bonds is 6. The van der Waals surface area contributed by atoms with Crippen molar-refractivity contribution < 1.29 is 8.78 Å². The zero-order chi connectivity index (χ0) is 18.5. The molecule has 26 heavy (non-hydrogen) atoms. The lowest BCUT2D eigenvalue weighted by Gasteiger charge is -2.09. The molecular weight excluding hydrogens is 326 g/mol. The SMILES string of the molecule is CCc1ccc(CCc2ccc(-c3ccc(CC)c(F)c3F)cc2)cc1. The van der Waals surface area contributed by atoms with Crippen molar-refractivity contribution in [3.63, 3.8) is 0 Å². The van der Waals surface area contributed by atoms with Gasteiger partial charge in [-0.1, -0.05) is 74.5 Å². The standard InChI is InChI=1S/C24H24F2/c1-3-17-5-7-18(8-6-17)9-10-19-11-13-21(14-12-19)22-16-15-20(4-2)23(25)24(22)26/h5-8,11-16H,3-4,9-10H2,1-2H3. The summed E-state index contributed by atoms with van der Waals surface area (Å²) >= 11 is 0. The highest BCUT2D eigenvalue weighted by atomic mass is 19.2. The van der Waals surface area contributed by atoms with Crippen LogP contribution in [0.5, 0.6) is 0 Å². The predicted molar refractivity (Wildman–Crippen MR) is 104 cm³/mol. The van der Waals surface area contributed by atoms with Crippen molar-refractivity contribution in [1.29, 1.82) is 0 Å². The van der Waals surface area contributed by atoms with Crippen LogP contribution in [0.2, 0.25) is 0 Å². The number of halogens is 2. The highest BCUT2D eigenvalue weighted by Gasteiger charge is 2.13. The van der Waals surface area contributed by atoms with E-state index in [4.69, 9.17) is 0 Å². The normalized spacial score (nSPS) is 10.9. The van der Waals surface area contributed by atoms with Crippen LogP contribution in [0.1, 0.15) is 36.1 Å². The van der Waals surface area contributed by atoms with E-state index in [-0.39, 0.29) is 0 Å². The van der Waals surface area contributed by atoms with Gasteiger partial charge in [0, 0.05) is 5.56 Å². The first-order valence-corrected chi connectivity index (χ1v) is 9.26. The highest BCUT2D eigenvalue weighted by molar-refractivity contribution is 5.65. The fraction of sp³-hybridized carbons (Fsp3) is 0.250. The fourth-order valence-electron chi connectivity index (χ4n) is 3.17. The third kappa shape index (κ3) is 4.01. The second-order valence-corrected chi connectivity index (χ2v) is 6.62. The number of benzene rings is 3. The Kier molecular flexibility index (Phi) is 5.82. The second-order valence-electron chi connectivity index (χ2n) is 6.62. The minimum Gasteiger partial charge on any atom is -0.203 e. The van der Waals surface area contributed by atoms with Gasteiger partial charge in [0.05, 0.1) is 0 Å². The summed E-state index contributed by atoms with van der Waals surface area (Å²) in [5, 5.41) is 0. The maximum Gasteiger partial charge on any atom is 0.166 e. The molecule has 0 unspecified atom stereocenters. The minimum absolute atomic E-state index is 0.321. The Hall–Kier alpha value is -2.48. The van der Waals surface area contributed by atoms with Crippen molar-refractivity contribution in [2.45, 2.75) is 39.5 Å². The molecule has 0 N–H and O–H groups in total. The molecule has 0 atom stereocenters. The number of aryl methyl sites for hydroxylation is 4. The van der Waals surface area contributed by atoms with Gasteiger partial charge in [0.1, 0.15) is 0 Å². The van der Waals surface area contributed by atoms with E-state index in [9.17, 15) is 8.78 Å². The summed E-state index contributed by atoms with van der Waals surface area (Å²) in [5.74, 6) is -1.49. The van der Waals surface area contributed by atoms with E-state index in [1.807, 2.05) is 31.2 Å². The molecule has 3 aromatic rings. The van der Waals surface area contributed by atoms with E-state index in [0.29, 0.717) is 23.1 Å². The minimum atomic E-state index is -0.756. The van der Waals surface area contributed by atoms with E-state index >= 15 is 0 Å². The average molecular weight is 350 g/mol. The Morgan fingerprint density at radius 3 is 1.65 bits per heavy atom. The average Bonchev–Trinajstić information content (AvgIpc) is 2.69. The molecule has 0 amide bonds. The molecular formula is C24H24F2. The molecule has 0 aromatic heterocycles. The van der Waals surface area contributed by atoms with Gasteiger partial charge in [-0.05, 0) is 53.5 Å². The van der Waals surface area contributed by atoms with Crippen molar-refractivity contribution in [3.05, 3.63) is 94.6 Å². The maximum absolute atomic E-state index is 14.3. The van der Waals surface area contributed by atoms with Crippen molar-refractivity contribution in [3.8, 4) is 11.1 Å². The lowest BCUT2D eigenvalue weighted by molar-refractivity contribution is 0.502. The van der Waals surface area contributed by atoms with Gasteiger partial charge >= 0.3 is 0 Å². The smallest absolute Gasteiger partial charge is 0.166 e. The van der Waals surface area contributed by atoms with Gasteiger partial charge in [-0.3, -0.25) is 0 Å². The van der Waals surface area contributed by atoms with Crippen molar-refractivity contribution in [2.24, 2.45) is 0 Å². The van der Waals surface area contributed by atoms with Crippen LogP contribution in [0, 0.1) is 11.6 Å². The quantitative estimate of drug-likeness (QED) is 0.473. The molecule has 0 aliphatic rings. The summed E-state index contributed by atoms with van der Waals surface area (Å²) in [5.41, 5.74) is 5.30. The van der Waals surface area contributed by atoms with Crippen LogP contribution in [-0.2, 0) is 25.7 Å². The van der Waals surface area contributed by atoms with Gasteiger partial charge in [0.2, 0.25) is 0 Å². The molecule has 0 radical (unpaired) electrons. The van der Waals surface area contributed by atoms with Crippen LogP contribution < -0.4 is 0 Å². The predicted octanol–water partition coefficient (Wildman–Crippen LogP) is 6.54. The topological polar surface area (TPSA) is 0 Å². The maximum atomic E-state index is 14.3. The first kappa shape index (κ1) is 18.3. The van der Waals surface area contributed by atoms with Gasteiger partial charge in [0.15, 0.2) is 11.6 Å². The molecule has 0 aliphatic heterocycles.